The quantitative estimate of drug-likeness (QED) is 0.664. The molecule has 2 aromatic rings. The minimum Gasteiger partial charge on any atom is -0.331 e. The molecule has 0 aliphatic heterocycles. The lowest BCUT2D eigenvalue weighted by atomic mass is 9.88. The van der Waals surface area contributed by atoms with Crippen molar-refractivity contribution in [2.75, 3.05) is 5.32 Å². The molecule has 5 nitrogen and oxygen atoms in total. The molecular weight excluding hydrogens is 398 g/mol. The normalized spacial score (nSPS) is 21.7. The lowest BCUT2D eigenvalue weighted by Crippen LogP contribution is -2.43. The Kier molecular flexibility index (Phi) is 7.59. The molecule has 2 amide bonds. The monoisotopic (exact) mass is 433 g/mol. The number of rotatable bonds is 6. The Morgan fingerprint density at radius 2 is 1.50 bits per heavy atom. The first-order valence-electron chi connectivity index (χ1n) is 12.1. The number of amides is 2. The Morgan fingerprint density at radius 3 is 2.16 bits per heavy atom. The van der Waals surface area contributed by atoms with Crippen LogP contribution >= 0.6 is 0 Å². The molecule has 2 saturated carbocycles. The molecule has 0 heterocycles. The second-order valence-corrected chi connectivity index (χ2v) is 9.39. The van der Waals surface area contributed by atoms with Crippen molar-refractivity contribution in [1.29, 1.82) is 0 Å². The maximum atomic E-state index is 13.4. The predicted molar refractivity (Wildman–Crippen MR) is 128 cm³/mol. The van der Waals surface area contributed by atoms with E-state index >= 15 is 0 Å². The zero-order valence-electron chi connectivity index (χ0n) is 18.8. The molecule has 5 heteroatoms. The zero-order chi connectivity index (χ0) is 22.3. The smallest absolute Gasteiger partial charge is 0.254 e. The summed E-state index contributed by atoms with van der Waals surface area (Å²) in [6, 6.07) is 17.9. The zero-order valence-corrected chi connectivity index (χ0v) is 18.8. The minimum atomic E-state index is 0.0701. The van der Waals surface area contributed by atoms with Gasteiger partial charge in [-0.25, -0.2) is 0 Å². The predicted octanol–water partition coefficient (Wildman–Crippen LogP) is 5.12. The Morgan fingerprint density at radius 1 is 0.844 bits per heavy atom. The highest BCUT2D eigenvalue weighted by molar-refractivity contribution is 5.94. The second-order valence-electron chi connectivity index (χ2n) is 9.39. The van der Waals surface area contributed by atoms with Gasteiger partial charge in [-0.1, -0.05) is 49.6 Å². The van der Waals surface area contributed by atoms with E-state index in [9.17, 15) is 9.59 Å². The number of nitrogens with zero attached hydrogens (tertiary/aromatic N) is 1. The first-order valence-corrected chi connectivity index (χ1v) is 12.1. The topological polar surface area (TPSA) is 75.4 Å². The van der Waals surface area contributed by atoms with Crippen LogP contribution in [0.4, 0.5) is 5.69 Å². The number of nitrogens with one attached hydrogen (secondary N) is 1. The van der Waals surface area contributed by atoms with Crippen LogP contribution in [0.25, 0.3) is 0 Å². The molecule has 0 saturated heterocycles. The standard InChI is InChI=1S/C27H35N3O2/c28-23-13-17-25(18-14-23)30(27(32)22-9-5-2-6-10-22)19-20-11-15-24(16-12-20)29-26(31)21-7-3-1-4-8-21/h2,5-6,9-12,15-16,21,23,25H,1,3-4,7-8,13-14,17-19,28H2,(H,29,31). The largest absolute Gasteiger partial charge is 0.331 e. The van der Waals surface area contributed by atoms with E-state index in [0.717, 1.165) is 68.2 Å². The van der Waals surface area contributed by atoms with Crippen LogP contribution in [0.15, 0.2) is 54.6 Å². The van der Waals surface area contributed by atoms with Gasteiger partial charge in [0.25, 0.3) is 5.91 Å². The summed E-state index contributed by atoms with van der Waals surface area (Å²) in [5.41, 5.74) is 8.73. The molecule has 0 spiro atoms. The van der Waals surface area contributed by atoms with E-state index in [2.05, 4.69) is 5.32 Å². The Bertz CT molecular complexity index is 883. The lowest BCUT2D eigenvalue weighted by molar-refractivity contribution is -0.120. The molecule has 0 bridgehead atoms. The van der Waals surface area contributed by atoms with Crippen LogP contribution in [0.3, 0.4) is 0 Å². The number of anilines is 1. The summed E-state index contributed by atoms with van der Waals surface area (Å²) < 4.78 is 0. The Hall–Kier alpha value is -2.66. The van der Waals surface area contributed by atoms with Gasteiger partial charge in [-0.15, -0.1) is 0 Å². The number of benzene rings is 2. The van der Waals surface area contributed by atoms with Crippen molar-refractivity contribution in [3.8, 4) is 0 Å². The van der Waals surface area contributed by atoms with E-state index in [-0.39, 0.29) is 29.8 Å². The molecule has 0 atom stereocenters. The number of nitrogens with two attached hydrogens (primary N) is 1. The highest BCUT2D eigenvalue weighted by atomic mass is 16.2. The van der Waals surface area contributed by atoms with Gasteiger partial charge in [-0.3, -0.25) is 9.59 Å². The van der Waals surface area contributed by atoms with Gasteiger partial charge in [-0.05, 0) is 68.4 Å². The molecular formula is C27H35N3O2. The fourth-order valence-corrected chi connectivity index (χ4v) is 5.03. The third-order valence-corrected chi connectivity index (χ3v) is 7.01. The molecule has 2 aromatic carbocycles. The van der Waals surface area contributed by atoms with Gasteiger partial charge >= 0.3 is 0 Å². The van der Waals surface area contributed by atoms with Crippen molar-refractivity contribution in [2.24, 2.45) is 11.7 Å². The summed E-state index contributed by atoms with van der Waals surface area (Å²) >= 11 is 0. The SMILES string of the molecule is NC1CCC(N(Cc2ccc(NC(=O)C3CCCCC3)cc2)C(=O)c2ccccc2)CC1. The fourth-order valence-electron chi connectivity index (χ4n) is 5.03. The Balaban J connectivity index is 1.44. The van der Waals surface area contributed by atoms with Gasteiger partial charge in [0.05, 0.1) is 0 Å². The summed E-state index contributed by atoms with van der Waals surface area (Å²) in [7, 11) is 0. The van der Waals surface area contributed by atoms with E-state index < -0.39 is 0 Å². The molecule has 2 aliphatic rings. The van der Waals surface area contributed by atoms with E-state index in [0.29, 0.717) is 6.54 Å². The first-order chi connectivity index (χ1) is 15.6. The third-order valence-electron chi connectivity index (χ3n) is 7.01. The van der Waals surface area contributed by atoms with E-state index in [1.807, 2.05) is 59.5 Å². The van der Waals surface area contributed by atoms with Gasteiger partial charge < -0.3 is 16.0 Å². The Labute approximate surface area is 191 Å². The number of carbonyl (C=O) groups is 2. The first kappa shape index (κ1) is 22.5. The van der Waals surface area contributed by atoms with Gasteiger partial charge in [0.1, 0.15) is 0 Å². The average molecular weight is 434 g/mol. The summed E-state index contributed by atoms with van der Waals surface area (Å²) in [5, 5.41) is 3.08. The number of hydrogen-bond donors (Lipinski definition) is 2. The maximum Gasteiger partial charge on any atom is 0.254 e. The third kappa shape index (κ3) is 5.77. The average Bonchev–Trinajstić information content (AvgIpc) is 2.85. The summed E-state index contributed by atoms with van der Waals surface area (Å²) in [4.78, 5) is 27.9. The van der Waals surface area contributed by atoms with Crippen molar-refractivity contribution in [3.63, 3.8) is 0 Å². The van der Waals surface area contributed by atoms with Gasteiger partial charge in [0.2, 0.25) is 5.91 Å². The molecule has 4 rings (SSSR count). The van der Waals surface area contributed by atoms with Crippen LogP contribution < -0.4 is 11.1 Å². The second kappa shape index (κ2) is 10.8. The van der Waals surface area contributed by atoms with Gasteiger partial charge in [-0.2, -0.15) is 0 Å². The molecule has 0 radical (unpaired) electrons. The summed E-state index contributed by atoms with van der Waals surface area (Å²) in [6.07, 6.45) is 9.30. The highest BCUT2D eigenvalue weighted by Crippen LogP contribution is 2.27. The van der Waals surface area contributed by atoms with Gasteiger partial charge in [0.15, 0.2) is 0 Å². The van der Waals surface area contributed by atoms with Crippen LogP contribution in [-0.4, -0.2) is 28.8 Å². The van der Waals surface area contributed by atoms with Crippen molar-refractivity contribution in [2.45, 2.75) is 76.4 Å². The number of hydrogen-bond acceptors (Lipinski definition) is 3. The van der Waals surface area contributed by atoms with Crippen LogP contribution in [-0.2, 0) is 11.3 Å². The van der Waals surface area contributed by atoms with Crippen molar-refractivity contribution in [3.05, 3.63) is 65.7 Å². The van der Waals surface area contributed by atoms with Crippen molar-refractivity contribution < 1.29 is 9.59 Å². The lowest BCUT2D eigenvalue weighted by Gasteiger charge is -2.36. The van der Waals surface area contributed by atoms with Gasteiger partial charge in [0, 0.05) is 35.8 Å². The molecule has 0 unspecified atom stereocenters. The summed E-state index contributed by atoms with van der Waals surface area (Å²) in [6.45, 7) is 0.560. The molecule has 170 valence electrons. The molecule has 3 N–H and O–H groups in total. The summed E-state index contributed by atoms with van der Waals surface area (Å²) in [5.74, 6) is 0.345. The van der Waals surface area contributed by atoms with Crippen LogP contribution in [0.1, 0.15) is 73.7 Å². The van der Waals surface area contributed by atoms with E-state index in [1.165, 1.54) is 6.42 Å². The van der Waals surface area contributed by atoms with Crippen LogP contribution in [0, 0.1) is 5.92 Å². The van der Waals surface area contributed by atoms with E-state index in [1.54, 1.807) is 0 Å². The van der Waals surface area contributed by atoms with Crippen molar-refractivity contribution in [1.82, 2.24) is 4.90 Å². The van der Waals surface area contributed by atoms with Crippen molar-refractivity contribution >= 4 is 17.5 Å². The highest BCUT2D eigenvalue weighted by Gasteiger charge is 2.28. The fraction of sp³-hybridized carbons (Fsp3) is 0.481. The molecule has 0 aromatic heterocycles. The van der Waals surface area contributed by atoms with Crippen LogP contribution in [0.5, 0.6) is 0 Å². The molecule has 32 heavy (non-hydrogen) atoms. The maximum absolute atomic E-state index is 13.4. The molecule has 2 aliphatic carbocycles. The molecule has 2 fully saturated rings. The minimum absolute atomic E-state index is 0.0701. The van der Waals surface area contributed by atoms with E-state index in [4.69, 9.17) is 5.73 Å². The van der Waals surface area contributed by atoms with Crippen LogP contribution in [0.2, 0.25) is 0 Å². The number of carbonyl (C=O) groups excluding carboxylic acids is 2.